The highest BCUT2D eigenvalue weighted by atomic mass is 28.4. The van der Waals surface area contributed by atoms with E-state index in [1.54, 1.807) is 14.0 Å². The monoisotopic (exact) mass is 1110 g/mol. The van der Waals surface area contributed by atoms with Crippen LogP contribution in [0.1, 0.15) is 135 Å². The summed E-state index contributed by atoms with van der Waals surface area (Å²) in [4.78, 5) is 31.5. The molecule has 20 atom stereocenters. The summed E-state index contributed by atoms with van der Waals surface area (Å²) in [5.74, 6) is -1.45. The normalized spacial score (nSPS) is 40.9. The van der Waals surface area contributed by atoms with Gasteiger partial charge in [-0.2, -0.15) is 0 Å². The van der Waals surface area contributed by atoms with E-state index in [4.69, 9.17) is 56.2 Å². The number of fused-ring (bicyclic) bond motifs is 3. The first-order chi connectivity index (χ1) is 35.0. The van der Waals surface area contributed by atoms with Gasteiger partial charge in [0.05, 0.1) is 60.8 Å². The summed E-state index contributed by atoms with van der Waals surface area (Å²) < 4.78 is 81.2. The van der Waals surface area contributed by atoms with Gasteiger partial charge in [0.2, 0.25) is 0 Å². The van der Waals surface area contributed by atoms with Crippen molar-refractivity contribution in [1.29, 1.82) is 0 Å². The standard InChI is InChI=1S/C57H104N2O15Si2/c1-34-30-40-31-46(73-75(19,20)55(7,8)9)70-43(32-44(61)64-35(2)26-24-23-25-27-42(34)69-45-29-28-41(58(14)15)36(3)65-45)51(63-18)50(40)72-54-52(68-39(6)60)48(59(16)17)49(37(4)67-54)71-47-33-57(13,62)53(38(5)66-47)74-76(21,22)56(10,11)12/h23-25,27,34-38,40-43,45-54,62H,26,28-33H2,1-22H3/b24-23-,27-25-/t34-,35-,36?,37?,38?,40-,41?,42+,43-,45?,46+,47?,48?,49?,50?,51+,52?,53?,54?,57?/m1/s1. The number of hydrogen-bond donors (Lipinski definition) is 1. The average molecular weight is 1110 g/mol. The number of nitrogens with zero attached hydrogens (tertiary/aromatic N) is 2. The van der Waals surface area contributed by atoms with Crippen molar-refractivity contribution in [2.75, 3.05) is 35.3 Å². The van der Waals surface area contributed by atoms with Crippen LogP contribution < -0.4 is 0 Å². The van der Waals surface area contributed by atoms with Crippen molar-refractivity contribution >= 4 is 28.6 Å². The molecule has 19 heteroatoms. The van der Waals surface area contributed by atoms with E-state index >= 15 is 0 Å². The molecule has 0 aromatic heterocycles. The molecule has 5 aliphatic heterocycles. The van der Waals surface area contributed by atoms with Crippen LogP contribution in [0.15, 0.2) is 24.3 Å². The number of aliphatic hydroxyl groups is 1. The highest BCUT2D eigenvalue weighted by Gasteiger charge is 2.56. The largest absolute Gasteiger partial charge is 0.462 e. The molecule has 0 aromatic carbocycles. The SMILES string of the molecule is CO[C@@H]1C(OC2OC(C)C(OC3CC(C)(O)C(O[Si](C)(C)C(C)(C)C)C(C)O3)C(N(C)C)C2OC(C)=O)[C@H]2C[C@H](O[Si](C)(C)C(C)(C)C)O[C@@H]1CC(=O)O[C@H](C)C/C=C\C=C/[C@H](OC1CCC(N(C)C)C(C)O1)[C@H](C)C2. The van der Waals surface area contributed by atoms with Crippen molar-refractivity contribution in [3.8, 4) is 0 Å². The average Bonchev–Trinajstić information content (AvgIpc) is 3.38. The summed E-state index contributed by atoms with van der Waals surface area (Å²) >= 11 is 0. The molecule has 1 N–H and O–H groups in total. The third-order valence-corrected chi connectivity index (χ3v) is 26.4. The second-order valence-electron chi connectivity index (χ2n) is 26.5. The van der Waals surface area contributed by atoms with Gasteiger partial charge in [0.25, 0.3) is 0 Å². The molecule has 0 saturated carbocycles. The molecular formula is C57H104N2O15Si2. The summed E-state index contributed by atoms with van der Waals surface area (Å²) in [6, 6.07) is -0.351. The lowest BCUT2D eigenvalue weighted by atomic mass is 9.82. The molecule has 4 fully saturated rings. The van der Waals surface area contributed by atoms with E-state index in [1.165, 1.54) is 6.92 Å². The second-order valence-corrected chi connectivity index (χ2v) is 36.0. The smallest absolute Gasteiger partial charge is 0.308 e. The fourth-order valence-electron chi connectivity index (χ4n) is 11.2. The number of ether oxygens (including phenoxy) is 10. The van der Waals surface area contributed by atoms with E-state index in [0.717, 1.165) is 12.8 Å². The Morgan fingerprint density at radius 2 is 1.37 bits per heavy atom. The van der Waals surface area contributed by atoms with Crippen LogP contribution in [-0.4, -0.2) is 189 Å². The van der Waals surface area contributed by atoms with Crippen molar-refractivity contribution in [3.63, 3.8) is 0 Å². The van der Waals surface area contributed by atoms with E-state index in [2.05, 4.69) is 107 Å². The van der Waals surface area contributed by atoms with Gasteiger partial charge in [-0.05, 0) is 130 Å². The van der Waals surface area contributed by atoms with E-state index in [0.29, 0.717) is 19.3 Å². The number of allylic oxidation sites excluding steroid dienone is 2. The van der Waals surface area contributed by atoms with E-state index in [1.807, 2.05) is 58.0 Å². The predicted octanol–water partition coefficient (Wildman–Crippen LogP) is 9.11. The molecule has 76 heavy (non-hydrogen) atoms. The molecule has 0 spiro atoms. The number of carbonyl (C=O) groups excluding carboxylic acids is 2. The molecule has 0 radical (unpaired) electrons. The third kappa shape index (κ3) is 16.7. The number of cyclic esters (lactones) is 1. The van der Waals surface area contributed by atoms with Crippen LogP contribution in [-0.2, 0) is 65.8 Å². The van der Waals surface area contributed by atoms with Gasteiger partial charge in [-0.1, -0.05) is 72.8 Å². The van der Waals surface area contributed by atoms with Crippen molar-refractivity contribution in [3.05, 3.63) is 24.3 Å². The quantitative estimate of drug-likeness (QED) is 0.129. The van der Waals surface area contributed by atoms with E-state index in [-0.39, 0.29) is 53.0 Å². The molecule has 5 heterocycles. The molecule has 13 unspecified atom stereocenters. The number of hydrogen-bond acceptors (Lipinski definition) is 17. The van der Waals surface area contributed by atoms with Crippen molar-refractivity contribution < 1.29 is 70.9 Å². The minimum absolute atomic E-state index is 0.0280. The lowest BCUT2D eigenvalue weighted by Gasteiger charge is -2.52. The Labute approximate surface area is 460 Å². The summed E-state index contributed by atoms with van der Waals surface area (Å²) in [7, 11) is 4.77. The molecule has 17 nitrogen and oxygen atoms in total. The van der Waals surface area contributed by atoms with Crippen LogP contribution in [0.2, 0.25) is 36.3 Å². The number of esters is 2. The molecule has 4 saturated heterocycles. The maximum absolute atomic E-state index is 14.0. The van der Waals surface area contributed by atoms with Crippen LogP contribution >= 0.6 is 0 Å². The van der Waals surface area contributed by atoms with Gasteiger partial charge >= 0.3 is 11.9 Å². The Kier molecular flexibility index (Phi) is 22.7. The van der Waals surface area contributed by atoms with Gasteiger partial charge < -0.3 is 71.1 Å². The fourth-order valence-corrected chi connectivity index (χ4v) is 13.8. The maximum atomic E-state index is 14.0. The van der Waals surface area contributed by atoms with Crippen LogP contribution in [0.3, 0.4) is 0 Å². The minimum atomic E-state index is -2.50. The first-order valence-electron chi connectivity index (χ1n) is 28.3. The first-order valence-corrected chi connectivity index (χ1v) is 34.1. The van der Waals surface area contributed by atoms with Gasteiger partial charge in [0, 0.05) is 39.3 Å². The Hall–Kier alpha value is -1.67. The van der Waals surface area contributed by atoms with Crippen LogP contribution in [0.4, 0.5) is 0 Å². The number of rotatable bonds is 14. The minimum Gasteiger partial charge on any atom is -0.462 e. The van der Waals surface area contributed by atoms with E-state index in [9.17, 15) is 14.7 Å². The second kappa shape index (κ2) is 26.5. The van der Waals surface area contributed by atoms with Crippen LogP contribution in [0.5, 0.6) is 0 Å². The van der Waals surface area contributed by atoms with Crippen LogP contribution in [0, 0.1) is 11.8 Å². The molecule has 0 aromatic rings. The maximum Gasteiger partial charge on any atom is 0.308 e. The zero-order valence-electron chi connectivity index (χ0n) is 50.8. The van der Waals surface area contributed by atoms with Crippen molar-refractivity contribution in [2.45, 2.75) is 281 Å². The molecular weight excluding hydrogens is 1010 g/mol. The Morgan fingerprint density at radius 1 is 0.737 bits per heavy atom. The third-order valence-electron chi connectivity index (χ3n) is 17.5. The fraction of sp³-hybridized carbons (Fsp3) is 0.895. The Bertz CT molecular complexity index is 1920. The topological polar surface area (TPSA) is 172 Å². The van der Waals surface area contributed by atoms with Crippen molar-refractivity contribution in [2.24, 2.45) is 11.8 Å². The number of likely N-dealkylation sites (N-methyl/N-ethyl adjacent to an activating group) is 2. The van der Waals surface area contributed by atoms with Gasteiger partial charge in [0.15, 0.2) is 41.6 Å². The highest BCUT2D eigenvalue weighted by molar-refractivity contribution is 6.74. The summed E-state index contributed by atoms with van der Waals surface area (Å²) in [5.41, 5.74) is -1.29. The Morgan fingerprint density at radius 3 is 1.93 bits per heavy atom. The molecule has 5 rings (SSSR count). The summed E-state index contributed by atoms with van der Waals surface area (Å²) in [6.07, 6.45) is 1.11. The Balaban J connectivity index is 1.57. The molecule has 0 amide bonds. The highest BCUT2D eigenvalue weighted by Crippen LogP contribution is 2.45. The molecule has 5 aliphatic rings. The molecule has 0 aliphatic carbocycles. The molecule has 440 valence electrons. The summed E-state index contributed by atoms with van der Waals surface area (Å²) in [5, 5.41) is 11.8. The lowest BCUT2D eigenvalue weighted by molar-refractivity contribution is -0.343. The zero-order valence-corrected chi connectivity index (χ0v) is 52.8. The zero-order chi connectivity index (χ0) is 57.0. The van der Waals surface area contributed by atoms with Crippen molar-refractivity contribution in [1.82, 2.24) is 9.80 Å². The molecule has 2 bridgehead atoms. The van der Waals surface area contributed by atoms with Gasteiger partial charge in [-0.25, -0.2) is 0 Å². The van der Waals surface area contributed by atoms with Gasteiger partial charge in [-0.3, -0.25) is 9.59 Å². The van der Waals surface area contributed by atoms with Crippen LogP contribution in [0.25, 0.3) is 0 Å². The number of carbonyl (C=O) groups is 2. The number of methoxy groups -OCH3 is 1. The van der Waals surface area contributed by atoms with Gasteiger partial charge in [0.1, 0.15) is 24.6 Å². The van der Waals surface area contributed by atoms with E-state index < -0.39 is 120 Å². The lowest BCUT2D eigenvalue weighted by Crippen LogP contribution is -2.67. The first kappa shape index (κ1) is 65.1. The van der Waals surface area contributed by atoms with Gasteiger partial charge in [-0.15, -0.1) is 0 Å². The predicted molar refractivity (Wildman–Crippen MR) is 297 cm³/mol. The summed E-state index contributed by atoms with van der Waals surface area (Å²) in [6.45, 7) is 34.9.